The smallest absolute Gasteiger partial charge is 0.277 e. The second kappa shape index (κ2) is 12.2. The van der Waals surface area contributed by atoms with Crippen molar-refractivity contribution in [2.45, 2.75) is 36.3 Å². The van der Waals surface area contributed by atoms with Gasteiger partial charge in [-0.1, -0.05) is 12.1 Å². The highest BCUT2D eigenvalue weighted by Crippen LogP contribution is 2.30. The molecule has 0 radical (unpaired) electrons. The van der Waals surface area contributed by atoms with Gasteiger partial charge in [0.1, 0.15) is 24.1 Å². The number of benzene rings is 2. The minimum absolute atomic E-state index is 0.0346. The maximum absolute atomic E-state index is 14.1. The van der Waals surface area contributed by atoms with Gasteiger partial charge >= 0.3 is 0 Å². The zero-order valence-corrected chi connectivity index (χ0v) is 23.1. The lowest BCUT2D eigenvalue weighted by atomic mass is 10.1. The molecular formula is C28H26F3N3O6S. The maximum Gasteiger partial charge on any atom is 0.277 e. The first kappa shape index (κ1) is 29.9. The normalized spacial score (nSPS) is 12.4. The van der Waals surface area contributed by atoms with Crippen LogP contribution in [0.25, 0.3) is 11.1 Å². The number of hydrogen-bond donors (Lipinski definition) is 1. The Morgan fingerprint density at radius 1 is 1.00 bits per heavy atom. The van der Waals surface area contributed by atoms with Gasteiger partial charge in [-0.25, -0.2) is 22.2 Å². The number of ether oxygens (including phenoxy) is 2. The first-order valence-electron chi connectivity index (χ1n) is 12.3. The third kappa shape index (κ3) is 6.16. The van der Waals surface area contributed by atoms with Crippen molar-refractivity contribution >= 4 is 9.84 Å². The molecular weight excluding hydrogens is 563 g/mol. The molecule has 0 saturated heterocycles. The minimum atomic E-state index is -4.67. The lowest BCUT2D eigenvalue weighted by Crippen LogP contribution is -2.35. The fraction of sp³-hybridized carbons (Fsp3) is 0.250. The SMILES string of the molecule is CCOCc1nc(O)c(S(=O)(=O)c2ccc(-c3ccc(F)nc3C)cc2)c(=O)n1[C@@H](COC)c1cc(F)cc(F)c1. The van der Waals surface area contributed by atoms with Crippen LogP contribution in [0.4, 0.5) is 13.2 Å². The number of halogens is 3. The van der Waals surface area contributed by atoms with Gasteiger partial charge in [-0.3, -0.25) is 9.36 Å². The zero-order valence-electron chi connectivity index (χ0n) is 22.3. The number of aromatic hydroxyl groups is 1. The van der Waals surface area contributed by atoms with Crippen molar-refractivity contribution in [2.75, 3.05) is 20.3 Å². The molecule has 9 nitrogen and oxygen atoms in total. The Bertz CT molecular complexity index is 1720. The lowest BCUT2D eigenvalue weighted by molar-refractivity contribution is 0.116. The predicted molar refractivity (Wildman–Crippen MR) is 142 cm³/mol. The Labute approximate surface area is 233 Å². The molecule has 0 amide bonds. The quantitative estimate of drug-likeness (QED) is 0.271. The molecule has 0 saturated carbocycles. The summed E-state index contributed by atoms with van der Waals surface area (Å²) in [5, 5.41) is 10.7. The Kier molecular flexibility index (Phi) is 8.90. The van der Waals surface area contributed by atoms with E-state index in [1.807, 2.05) is 0 Å². The third-order valence-corrected chi connectivity index (χ3v) is 8.05. The van der Waals surface area contributed by atoms with Crippen molar-refractivity contribution in [1.82, 2.24) is 14.5 Å². The van der Waals surface area contributed by atoms with Crippen LogP contribution >= 0.6 is 0 Å². The topological polar surface area (TPSA) is 121 Å². The van der Waals surface area contributed by atoms with Gasteiger partial charge in [-0.15, -0.1) is 0 Å². The van der Waals surface area contributed by atoms with Crippen LogP contribution < -0.4 is 5.56 Å². The van der Waals surface area contributed by atoms with Gasteiger partial charge in [-0.2, -0.15) is 9.37 Å². The van der Waals surface area contributed by atoms with Crippen molar-refractivity contribution < 1.29 is 36.2 Å². The van der Waals surface area contributed by atoms with Gasteiger partial charge in [0.25, 0.3) is 5.56 Å². The molecule has 2 aromatic heterocycles. The van der Waals surface area contributed by atoms with E-state index in [9.17, 15) is 31.5 Å². The van der Waals surface area contributed by atoms with Crippen molar-refractivity contribution in [2.24, 2.45) is 0 Å². The van der Waals surface area contributed by atoms with Crippen LogP contribution in [0.3, 0.4) is 0 Å². The molecule has 1 N–H and O–H groups in total. The second-order valence-electron chi connectivity index (χ2n) is 8.96. The summed E-state index contributed by atoms with van der Waals surface area (Å²) in [7, 11) is -3.38. The van der Waals surface area contributed by atoms with Crippen molar-refractivity contribution in [1.29, 1.82) is 0 Å². The van der Waals surface area contributed by atoms with Crippen LogP contribution in [0.15, 0.2) is 69.2 Å². The molecule has 2 heterocycles. The summed E-state index contributed by atoms with van der Waals surface area (Å²) < 4.78 is 80.5. The van der Waals surface area contributed by atoms with E-state index < -0.39 is 49.8 Å². The number of aromatic nitrogens is 3. The maximum atomic E-state index is 14.1. The average molecular weight is 590 g/mol. The standard InChI is InChI=1S/C28H26F3N3O6S/c1-4-40-15-25-33-27(35)26(28(36)34(25)23(14-39-3)18-11-19(29)13-20(30)12-18)41(37,38)21-7-5-17(6-8-21)22-9-10-24(31)32-16(22)2/h5-13,23,35H,4,14-15H2,1-3H3/t23-/m0/s1. The number of sulfone groups is 1. The minimum Gasteiger partial charge on any atom is -0.492 e. The van der Waals surface area contributed by atoms with E-state index in [1.54, 1.807) is 13.8 Å². The first-order chi connectivity index (χ1) is 19.5. The number of nitrogens with zero attached hydrogens (tertiary/aromatic N) is 3. The van der Waals surface area contributed by atoms with Gasteiger partial charge in [0, 0.05) is 31.0 Å². The molecule has 4 rings (SSSR count). The van der Waals surface area contributed by atoms with E-state index in [0.29, 0.717) is 22.9 Å². The Balaban J connectivity index is 1.89. The fourth-order valence-electron chi connectivity index (χ4n) is 4.41. The number of aryl methyl sites for hydroxylation is 1. The van der Waals surface area contributed by atoms with Gasteiger partial charge < -0.3 is 14.6 Å². The molecule has 4 aromatic rings. The zero-order chi connectivity index (χ0) is 29.9. The summed E-state index contributed by atoms with van der Waals surface area (Å²) in [6, 6.07) is 9.39. The van der Waals surface area contributed by atoms with Crippen molar-refractivity contribution in [3.8, 4) is 17.0 Å². The molecule has 0 aliphatic carbocycles. The number of methoxy groups -OCH3 is 1. The molecule has 0 fully saturated rings. The van der Waals surface area contributed by atoms with E-state index >= 15 is 0 Å². The molecule has 41 heavy (non-hydrogen) atoms. The van der Waals surface area contributed by atoms with E-state index in [-0.39, 0.29) is 36.1 Å². The van der Waals surface area contributed by atoms with Crippen LogP contribution in [0, 0.1) is 24.5 Å². The molecule has 0 unspecified atom stereocenters. The lowest BCUT2D eigenvalue weighted by Gasteiger charge is -2.24. The molecule has 0 aliphatic heterocycles. The summed E-state index contributed by atoms with van der Waals surface area (Å²) in [5.74, 6) is -3.76. The summed E-state index contributed by atoms with van der Waals surface area (Å²) in [4.78, 5) is 20.2. The van der Waals surface area contributed by atoms with Gasteiger partial charge in [0.05, 0.1) is 17.5 Å². The van der Waals surface area contributed by atoms with E-state index in [2.05, 4.69) is 9.97 Å². The van der Waals surface area contributed by atoms with E-state index in [0.717, 1.165) is 16.7 Å². The molecule has 1 atom stereocenters. The molecule has 2 aromatic carbocycles. The first-order valence-corrected chi connectivity index (χ1v) is 13.8. The summed E-state index contributed by atoms with van der Waals surface area (Å²) in [6.45, 7) is 2.84. The van der Waals surface area contributed by atoms with Crippen LogP contribution in [0.2, 0.25) is 0 Å². The summed E-state index contributed by atoms with van der Waals surface area (Å²) in [6.07, 6.45) is 0. The largest absolute Gasteiger partial charge is 0.492 e. The molecule has 0 bridgehead atoms. The molecule has 0 spiro atoms. The number of rotatable bonds is 10. The second-order valence-corrected chi connectivity index (χ2v) is 10.8. The summed E-state index contributed by atoms with van der Waals surface area (Å²) >= 11 is 0. The average Bonchev–Trinajstić information content (AvgIpc) is 2.90. The monoisotopic (exact) mass is 589 g/mol. The third-order valence-electron chi connectivity index (χ3n) is 6.27. The van der Waals surface area contributed by atoms with Gasteiger partial charge in [0.15, 0.2) is 4.90 Å². The molecule has 216 valence electrons. The Hall–Kier alpha value is -4.07. The molecule has 0 aliphatic rings. The Morgan fingerprint density at radius 3 is 2.24 bits per heavy atom. The summed E-state index contributed by atoms with van der Waals surface area (Å²) in [5.41, 5.74) is 0.253. The van der Waals surface area contributed by atoms with Crippen LogP contribution in [0.5, 0.6) is 5.88 Å². The van der Waals surface area contributed by atoms with Gasteiger partial charge in [-0.05, 0) is 61.4 Å². The highest BCUT2D eigenvalue weighted by atomic mass is 32.2. The fourth-order valence-corrected chi connectivity index (χ4v) is 5.76. The van der Waals surface area contributed by atoms with E-state index in [1.165, 1.54) is 43.5 Å². The van der Waals surface area contributed by atoms with Gasteiger partial charge in [0.2, 0.25) is 21.7 Å². The van der Waals surface area contributed by atoms with Crippen molar-refractivity contribution in [3.63, 3.8) is 0 Å². The Morgan fingerprint density at radius 2 is 1.66 bits per heavy atom. The highest BCUT2D eigenvalue weighted by Gasteiger charge is 2.32. The number of hydrogen-bond acceptors (Lipinski definition) is 8. The predicted octanol–water partition coefficient (Wildman–Crippen LogP) is 4.34. The van der Waals surface area contributed by atoms with Crippen LogP contribution in [-0.4, -0.2) is 48.4 Å². The van der Waals surface area contributed by atoms with Crippen LogP contribution in [-0.2, 0) is 25.9 Å². The van der Waals surface area contributed by atoms with E-state index in [4.69, 9.17) is 9.47 Å². The van der Waals surface area contributed by atoms with Crippen molar-refractivity contribution in [3.05, 3.63) is 99.6 Å². The number of pyridine rings is 1. The molecule has 13 heteroatoms. The van der Waals surface area contributed by atoms with Crippen LogP contribution in [0.1, 0.15) is 30.0 Å². The highest BCUT2D eigenvalue weighted by molar-refractivity contribution is 7.91.